The van der Waals surface area contributed by atoms with Crippen molar-refractivity contribution in [1.29, 1.82) is 0 Å². The lowest BCUT2D eigenvalue weighted by atomic mass is 9.77. The van der Waals surface area contributed by atoms with E-state index in [0.29, 0.717) is 12.0 Å². The second kappa shape index (κ2) is 5.17. The smallest absolute Gasteiger partial charge is 0.0537 e. The largest absolute Gasteiger partial charge is 0.309 e. The van der Waals surface area contributed by atoms with Crippen molar-refractivity contribution >= 4 is 0 Å². The van der Waals surface area contributed by atoms with Crippen LogP contribution < -0.4 is 5.32 Å². The molecule has 0 saturated carbocycles. The van der Waals surface area contributed by atoms with Crippen LogP contribution in [0.4, 0.5) is 0 Å². The van der Waals surface area contributed by atoms with Gasteiger partial charge in [0.15, 0.2) is 0 Å². The quantitative estimate of drug-likeness (QED) is 0.890. The van der Waals surface area contributed by atoms with E-state index in [0.717, 1.165) is 13.1 Å². The summed E-state index contributed by atoms with van der Waals surface area (Å²) in [7, 11) is 0. The predicted molar refractivity (Wildman–Crippen MR) is 77.2 cm³/mol. The molecule has 0 bridgehead atoms. The Morgan fingerprint density at radius 1 is 1.42 bits per heavy atom. The Kier molecular flexibility index (Phi) is 3.38. The maximum atomic E-state index is 4.33. The van der Waals surface area contributed by atoms with Gasteiger partial charge in [-0.05, 0) is 31.4 Å². The van der Waals surface area contributed by atoms with Gasteiger partial charge in [0.1, 0.15) is 0 Å². The monoisotopic (exact) mass is 255 g/mol. The molecule has 100 valence electrons. The first-order chi connectivity index (χ1) is 9.28. The predicted octanol–water partition coefficient (Wildman–Crippen LogP) is 2.89. The number of aromatic nitrogens is 2. The molecule has 1 heterocycles. The number of hydrogen-bond acceptors (Lipinski definition) is 2. The lowest BCUT2D eigenvalue weighted by Gasteiger charge is -2.31. The summed E-state index contributed by atoms with van der Waals surface area (Å²) in [6.07, 6.45) is 5.31. The van der Waals surface area contributed by atoms with Crippen LogP contribution in [-0.4, -0.2) is 16.3 Å². The zero-order valence-corrected chi connectivity index (χ0v) is 11.6. The molecule has 0 spiro atoms. The SMILES string of the molecule is CCn1cc(C(C)NCC2Cc3ccccc32)cn1. The Bertz CT molecular complexity index is 559. The molecule has 0 aliphatic heterocycles. The van der Waals surface area contributed by atoms with E-state index < -0.39 is 0 Å². The second-order valence-corrected chi connectivity index (χ2v) is 5.36. The lowest BCUT2D eigenvalue weighted by molar-refractivity contribution is 0.489. The van der Waals surface area contributed by atoms with E-state index >= 15 is 0 Å². The van der Waals surface area contributed by atoms with Gasteiger partial charge in [0, 0.05) is 36.8 Å². The van der Waals surface area contributed by atoms with Gasteiger partial charge >= 0.3 is 0 Å². The highest BCUT2D eigenvalue weighted by atomic mass is 15.3. The van der Waals surface area contributed by atoms with Crippen molar-refractivity contribution in [3.8, 4) is 0 Å². The molecule has 3 rings (SSSR count). The molecule has 19 heavy (non-hydrogen) atoms. The minimum Gasteiger partial charge on any atom is -0.309 e. The second-order valence-electron chi connectivity index (χ2n) is 5.36. The highest BCUT2D eigenvalue weighted by Gasteiger charge is 2.25. The van der Waals surface area contributed by atoms with Gasteiger partial charge in [-0.2, -0.15) is 5.10 Å². The Morgan fingerprint density at radius 2 is 2.26 bits per heavy atom. The molecule has 1 aliphatic rings. The molecular weight excluding hydrogens is 234 g/mol. The summed E-state index contributed by atoms with van der Waals surface area (Å²) >= 11 is 0. The normalized spacial score (nSPS) is 18.7. The van der Waals surface area contributed by atoms with Crippen LogP contribution in [0.1, 0.15) is 42.5 Å². The minimum absolute atomic E-state index is 0.369. The van der Waals surface area contributed by atoms with Gasteiger partial charge in [-0.25, -0.2) is 0 Å². The summed E-state index contributed by atoms with van der Waals surface area (Å²) < 4.78 is 1.98. The summed E-state index contributed by atoms with van der Waals surface area (Å²) in [5.74, 6) is 0.680. The number of aryl methyl sites for hydroxylation is 1. The van der Waals surface area contributed by atoms with Crippen LogP contribution in [0.3, 0.4) is 0 Å². The van der Waals surface area contributed by atoms with Crippen molar-refractivity contribution in [3.63, 3.8) is 0 Å². The average molecular weight is 255 g/mol. The number of benzene rings is 1. The minimum atomic E-state index is 0.369. The van der Waals surface area contributed by atoms with E-state index in [1.807, 2.05) is 10.9 Å². The van der Waals surface area contributed by atoms with Gasteiger partial charge in [-0.3, -0.25) is 4.68 Å². The van der Waals surface area contributed by atoms with Gasteiger partial charge in [0.25, 0.3) is 0 Å². The molecule has 0 fully saturated rings. The van der Waals surface area contributed by atoms with E-state index in [2.05, 4.69) is 54.7 Å². The maximum Gasteiger partial charge on any atom is 0.0537 e. The molecule has 2 atom stereocenters. The molecule has 0 saturated heterocycles. The summed E-state index contributed by atoms with van der Waals surface area (Å²) in [6, 6.07) is 9.13. The van der Waals surface area contributed by atoms with E-state index in [1.54, 1.807) is 0 Å². The number of nitrogens with one attached hydrogen (secondary N) is 1. The van der Waals surface area contributed by atoms with E-state index in [4.69, 9.17) is 0 Å². The fourth-order valence-corrected chi connectivity index (χ4v) is 2.76. The highest BCUT2D eigenvalue weighted by Crippen LogP contribution is 2.34. The van der Waals surface area contributed by atoms with Gasteiger partial charge in [0.05, 0.1) is 6.20 Å². The number of rotatable bonds is 5. The maximum absolute atomic E-state index is 4.33. The van der Waals surface area contributed by atoms with Crippen molar-refractivity contribution < 1.29 is 0 Å². The van der Waals surface area contributed by atoms with Crippen molar-refractivity contribution in [2.75, 3.05) is 6.54 Å². The zero-order valence-electron chi connectivity index (χ0n) is 11.6. The van der Waals surface area contributed by atoms with Crippen LogP contribution in [-0.2, 0) is 13.0 Å². The first-order valence-corrected chi connectivity index (χ1v) is 7.11. The molecule has 1 aliphatic carbocycles. The first-order valence-electron chi connectivity index (χ1n) is 7.11. The molecule has 2 unspecified atom stereocenters. The van der Waals surface area contributed by atoms with Gasteiger partial charge in [-0.1, -0.05) is 24.3 Å². The lowest BCUT2D eigenvalue weighted by Crippen LogP contribution is -2.30. The molecule has 2 aromatic rings. The summed E-state index contributed by atoms with van der Waals surface area (Å²) in [5.41, 5.74) is 4.31. The third-order valence-corrected chi connectivity index (χ3v) is 4.11. The molecule has 1 aromatic heterocycles. The Balaban J connectivity index is 1.56. The van der Waals surface area contributed by atoms with Crippen LogP contribution in [0.5, 0.6) is 0 Å². The fraction of sp³-hybridized carbons (Fsp3) is 0.438. The summed E-state index contributed by atoms with van der Waals surface area (Å²) in [5, 5.41) is 7.96. The van der Waals surface area contributed by atoms with Gasteiger partial charge in [0.2, 0.25) is 0 Å². The fourth-order valence-electron chi connectivity index (χ4n) is 2.76. The van der Waals surface area contributed by atoms with Gasteiger partial charge in [-0.15, -0.1) is 0 Å². The van der Waals surface area contributed by atoms with Crippen LogP contribution in [0.25, 0.3) is 0 Å². The summed E-state index contributed by atoms with van der Waals surface area (Å²) in [4.78, 5) is 0. The Labute approximate surface area is 114 Å². The van der Waals surface area contributed by atoms with Crippen LogP contribution in [0.2, 0.25) is 0 Å². The van der Waals surface area contributed by atoms with Gasteiger partial charge < -0.3 is 5.32 Å². The third kappa shape index (κ3) is 2.43. The van der Waals surface area contributed by atoms with Crippen LogP contribution in [0, 0.1) is 0 Å². The van der Waals surface area contributed by atoms with Crippen molar-refractivity contribution in [1.82, 2.24) is 15.1 Å². The molecule has 3 nitrogen and oxygen atoms in total. The standard InChI is InChI=1S/C16H21N3/c1-3-19-11-15(10-18-19)12(2)17-9-14-8-13-6-4-5-7-16(13)14/h4-7,10-12,14,17H,3,8-9H2,1-2H3. The highest BCUT2D eigenvalue weighted by molar-refractivity contribution is 5.40. The molecule has 1 aromatic carbocycles. The number of fused-ring (bicyclic) bond motifs is 1. The molecule has 3 heteroatoms. The number of nitrogens with zero attached hydrogens (tertiary/aromatic N) is 2. The Hall–Kier alpha value is -1.61. The van der Waals surface area contributed by atoms with E-state index in [-0.39, 0.29) is 0 Å². The van der Waals surface area contributed by atoms with E-state index in [1.165, 1.54) is 23.1 Å². The average Bonchev–Trinajstić information content (AvgIpc) is 2.88. The molecule has 0 radical (unpaired) electrons. The molecule has 0 amide bonds. The molecular formula is C16H21N3. The van der Waals surface area contributed by atoms with Crippen molar-refractivity contribution in [3.05, 3.63) is 53.3 Å². The number of hydrogen-bond donors (Lipinski definition) is 1. The van der Waals surface area contributed by atoms with Crippen LogP contribution >= 0.6 is 0 Å². The Morgan fingerprint density at radius 3 is 3.00 bits per heavy atom. The third-order valence-electron chi connectivity index (χ3n) is 4.11. The molecule has 1 N–H and O–H groups in total. The van der Waals surface area contributed by atoms with E-state index in [9.17, 15) is 0 Å². The topological polar surface area (TPSA) is 29.9 Å². The zero-order chi connectivity index (χ0) is 13.2. The summed E-state index contributed by atoms with van der Waals surface area (Å²) in [6.45, 7) is 6.31. The first kappa shape index (κ1) is 12.4. The van der Waals surface area contributed by atoms with Crippen molar-refractivity contribution in [2.24, 2.45) is 0 Å². The van der Waals surface area contributed by atoms with Crippen LogP contribution in [0.15, 0.2) is 36.7 Å². The van der Waals surface area contributed by atoms with Crippen molar-refractivity contribution in [2.45, 2.75) is 38.8 Å².